The molecule has 0 spiro atoms. The van der Waals surface area contributed by atoms with Crippen molar-refractivity contribution in [1.29, 1.82) is 0 Å². The minimum atomic E-state index is 0.708. The van der Waals surface area contributed by atoms with Gasteiger partial charge >= 0.3 is 0 Å². The summed E-state index contributed by atoms with van der Waals surface area (Å²) in [6, 6.07) is 0. The molecule has 1 fully saturated rings. The molecule has 0 radical (unpaired) electrons. The van der Waals surface area contributed by atoms with Crippen LogP contribution in [0.25, 0.3) is 0 Å². The third-order valence-electron chi connectivity index (χ3n) is 3.63. The van der Waals surface area contributed by atoms with Gasteiger partial charge < -0.3 is 0 Å². The van der Waals surface area contributed by atoms with E-state index >= 15 is 0 Å². The summed E-state index contributed by atoms with van der Waals surface area (Å²) in [5.74, 6) is 0.918. The van der Waals surface area contributed by atoms with Crippen LogP contribution in [0, 0.1) is 5.92 Å². The molecular formula is C13H21BrN2. The van der Waals surface area contributed by atoms with Crippen LogP contribution in [0.3, 0.4) is 0 Å². The highest BCUT2D eigenvalue weighted by molar-refractivity contribution is 9.09. The van der Waals surface area contributed by atoms with E-state index in [4.69, 9.17) is 0 Å². The Morgan fingerprint density at radius 2 is 2.25 bits per heavy atom. The standard InChI is InChI=1S/C13H21BrN2/c1-2-16-10-11(9-15-16)7-8-13(14)12-5-3-4-6-12/h9-10,12-13H,2-8H2,1H3. The third-order valence-corrected chi connectivity index (χ3v) is 4.84. The van der Waals surface area contributed by atoms with Crippen LogP contribution < -0.4 is 0 Å². The summed E-state index contributed by atoms with van der Waals surface area (Å²) in [6.45, 7) is 3.10. The van der Waals surface area contributed by atoms with E-state index < -0.39 is 0 Å². The molecule has 1 aromatic heterocycles. The van der Waals surface area contributed by atoms with E-state index in [2.05, 4.69) is 34.1 Å². The average molecular weight is 285 g/mol. The monoisotopic (exact) mass is 284 g/mol. The van der Waals surface area contributed by atoms with Crippen LogP contribution in [0.15, 0.2) is 12.4 Å². The molecule has 2 nitrogen and oxygen atoms in total. The van der Waals surface area contributed by atoms with Crippen LogP contribution >= 0.6 is 15.9 Å². The van der Waals surface area contributed by atoms with Crippen molar-refractivity contribution in [3.05, 3.63) is 18.0 Å². The Labute approximate surface area is 107 Å². The number of nitrogens with zero attached hydrogens (tertiary/aromatic N) is 2. The Kier molecular flexibility index (Phi) is 4.45. The predicted molar refractivity (Wildman–Crippen MR) is 70.9 cm³/mol. The van der Waals surface area contributed by atoms with Crippen LogP contribution in [0.5, 0.6) is 0 Å². The molecule has 90 valence electrons. The highest BCUT2D eigenvalue weighted by atomic mass is 79.9. The number of halogens is 1. The summed E-state index contributed by atoms with van der Waals surface area (Å²) >= 11 is 3.86. The molecule has 1 unspecified atom stereocenters. The van der Waals surface area contributed by atoms with E-state index in [1.165, 1.54) is 37.7 Å². The summed E-state index contributed by atoms with van der Waals surface area (Å²) in [6.07, 6.45) is 12.3. The van der Waals surface area contributed by atoms with Gasteiger partial charge in [-0.15, -0.1) is 0 Å². The van der Waals surface area contributed by atoms with Gasteiger partial charge in [0.2, 0.25) is 0 Å². The van der Waals surface area contributed by atoms with E-state index in [0.29, 0.717) is 4.83 Å². The number of hydrogen-bond acceptors (Lipinski definition) is 1. The lowest BCUT2D eigenvalue weighted by Gasteiger charge is -2.16. The van der Waals surface area contributed by atoms with Crippen LogP contribution in [-0.2, 0) is 13.0 Å². The van der Waals surface area contributed by atoms with Gasteiger partial charge in [0.15, 0.2) is 0 Å². The number of aromatic nitrogens is 2. The van der Waals surface area contributed by atoms with Gasteiger partial charge in [-0.3, -0.25) is 4.68 Å². The van der Waals surface area contributed by atoms with Gasteiger partial charge in [-0.05, 0) is 44.1 Å². The molecule has 16 heavy (non-hydrogen) atoms. The molecule has 0 aliphatic heterocycles. The Morgan fingerprint density at radius 1 is 1.50 bits per heavy atom. The largest absolute Gasteiger partial charge is 0.273 e. The molecule has 1 saturated carbocycles. The highest BCUT2D eigenvalue weighted by Crippen LogP contribution is 2.33. The SMILES string of the molecule is CCn1cc(CCC(Br)C2CCCC2)cn1. The molecule has 1 aromatic rings. The minimum Gasteiger partial charge on any atom is -0.273 e. The second-order valence-electron chi connectivity index (χ2n) is 4.80. The van der Waals surface area contributed by atoms with E-state index in [-0.39, 0.29) is 0 Å². The van der Waals surface area contributed by atoms with Crippen LogP contribution in [-0.4, -0.2) is 14.6 Å². The van der Waals surface area contributed by atoms with E-state index in [0.717, 1.165) is 18.9 Å². The Hall–Kier alpha value is -0.310. The summed E-state index contributed by atoms with van der Waals surface area (Å²) in [4.78, 5) is 0.708. The Balaban J connectivity index is 1.77. The van der Waals surface area contributed by atoms with E-state index in [1.54, 1.807) is 0 Å². The first kappa shape index (κ1) is 12.2. The predicted octanol–water partition coefficient (Wildman–Crippen LogP) is 3.79. The molecule has 0 amide bonds. The fraction of sp³-hybridized carbons (Fsp3) is 0.769. The van der Waals surface area contributed by atoms with Crippen molar-refractivity contribution in [2.45, 2.75) is 56.8 Å². The van der Waals surface area contributed by atoms with Gasteiger partial charge in [-0.25, -0.2) is 0 Å². The molecule has 0 saturated heterocycles. The zero-order valence-electron chi connectivity index (χ0n) is 10.0. The van der Waals surface area contributed by atoms with Crippen molar-refractivity contribution in [2.24, 2.45) is 5.92 Å². The number of rotatable bonds is 5. The lowest BCUT2D eigenvalue weighted by molar-refractivity contribution is 0.506. The smallest absolute Gasteiger partial charge is 0.0521 e. The average Bonchev–Trinajstić information content (AvgIpc) is 2.96. The lowest BCUT2D eigenvalue weighted by Crippen LogP contribution is -2.11. The first-order chi connectivity index (χ1) is 7.79. The van der Waals surface area contributed by atoms with Crippen LogP contribution in [0.1, 0.15) is 44.6 Å². The molecule has 0 bridgehead atoms. The van der Waals surface area contributed by atoms with Gasteiger partial charge in [0, 0.05) is 17.6 Å². The molecule has 1 aliphatic carbocycles. The molecule has 1 atom stereocenters. The van der Waals surface area contributed by atoms with Gasteiger partial charge in [-0.2, -0.15) is 5.10 Å². The zero-order valence-corrected chi connectivity index (χ0v) is 11.6. The quantitative estimate of drug-likeness (QED) is 0.753. The fourth-order valence-electron chi connectivity index (χ4n) is 2.57. The van der Waals surface area contributed by atoms with Gasteiger partial charge in [0.05, 0.1) is 6.20 Å². The Bertz CT molecular complexity index is 315. The molecule has 0 N–H and O–H groups in total. The number of alkyl halides is 1. The summed E-state index contributed by atoms with van der Waals surface area (Å²) in [5.41, 5.74) is 1.38. The number of hydrogen-bond donors (Lipinski definition) is 0. The maximum Gasteiger partial charge on any atom is 0.0521 e. The topological polar surface area (TPSA) is 17.8 Å². The highest BCUT2D eigenvalue weighted by Gasteiger charge is 2.22. The van der Waals surface area contributed by atoms with Crippen LogP contribution in [0.4, 0.5) is 0 Å². The van der Waals surface area contributed by atoms with Gasteiger partial charge in [0.1, 0.15) is 0 Å². The second-order valence-corrected chi connectivity index (χ2v) is 5.98. The molecule has 3 heteroatoms. The van der Waals surface area contributed by atoms with E-state index in [9.17, 15) is 0 Å². The molecular weight excluding hydrogens is 264 g/mol. The third kappa shape index (κ3) is 3.09. The Morgan fingerprint density at radius 3 is 2.88 bits per heavy atom. The van der Waals surface area contributed by atoms with Crippen molar-refractivity contribution in [3.63, 3.8) is 0 Å². The number of aryl methyl sites for hydroxylation is 2. The van der Waals surface area contributed by atoms with E-state index in [1.807, 2.05) is 10.9 Å². The first-order valence-corrected chi connectivity index (χ1v) is 7.36. The van der Waals surface area contributed by atoms with Crippen molar-refractivity contribution in [3.8, 4) is 0 Å². The summed E-state index contributed by atoms with van der Waals surface area (Å²) < 4.78 is 2.01. The lowest BCUT2D eigenvalue weighted by atomic mass is 9.99. The zero-order chi connectivity index (χ0) is 11.4. The van der Waals surface area contributed by atoms with Crippen LogP contribution in [0.2, 0.25) is 0 Å². The summed E-state index contributed by atoms with van der Waals surface area (Å²) in [7, 11) is 0. The molecule has 1 heterocycles. The van der Waals surface area contributed by atoms with Crippen molar-refractivity contribution >= 4 is 15.9 Å². The first-order valence-electron chi connectivity index (χ1n) is 6.45. The second kappa shape index (κ2) is 5.85. The maximum absolute atomic E-state index is 4.31. The minimum absolute atomic E-state index is 0.708. The van der Waals surface area contributed by atoms with Crippen molar-refractivity contribution < 1.29 is 0 Å². The van der Waals surface area contributed by atoms with Crippen molar-refractivity contribution in [2.75, 3.05) is 0 Å². The molecule has 2 rings (SSSR count). The summed E-state index contributed by atoms with van der Waals surface area (Å²) in [5, 5.41) is 4.31. The molecule has 1 aliphatic rings. The maximum atomic E-state index is 4.31. The van der Waals surface area contributed by atoms with Crippen molar-refractivity contribution in [1.82, 2.24) is 9.78 Å². The molecule has 0 aromatic carbocycles. The van der Waals surface area contributed by atoms with Gasteiger partial charge in [-0.1, -0.05) is 28.8 Å². The fourth-order valence-corrected chi connectivity index (χ4v) is 3.33. The van der Waals surface area contributed by atoms with Gasteiger partial charge in [0.25, 0.3) is 0 Å². The normalized spacial score (nSPS) is 19.1.